The van der Waals surface area contributed by atoms with Crippen molar-refractivity contribution < 1.29 is 0 Å². The van der Waals surface area contributed by atoms with Crippen LogP contribution < -0.4 is 22.3 Å². The molecule has 0 fully saturated rings. The van der Waals surface area contributed by atoms with Crippen LogP contribution in [0.15, 0.2) is 29.2 Å². The van der Waals surface area contributed by atoms with Crippen molar-refractivity contribution in [1.82, 2.24) is 29.7 Å². The summed E-state index contributed by atoms with van der Waals surface area (Å²) >= 11 is 18.9. The Labute approximate surface area is 190 Å². The Bertz CT molecular complexity index is 1340. The molecule has 0 amide bonds. The summed E-state index contributed by atoms with van der Waals surface area (Å²) in [4.78, 5) is 26.1. The number of rotatable bonds is 5. The largest absolute Gasteiger partial charge is 0.382 e. The van der Waals surface area contributed by atoms with Gasteiger partial charge in [0.2, 0.25) is 5.95 Å². The Balaban J connectivity index is 1.98. The highest BCUT2D eigenvalue weighted by Crippen LogP contribution is 2.32. The molecule has 6 N–H and O–H groups in total. The minimum atomic E-state index is -0.540. The van der Waals surface area contributed by atoms with Gasteiger partial charge in [0.05, 0.1) is 33.2 Å². The van der Waals surface area contributed by atoms with Crippen LogP contribution in [-0.4, -0.2) is 29.7 Å². The Kier molecular flexibility index (Phi) is 5.61. The van der Waals surface area contributed by atoms with Crippen LogP contribution in [0.5, 0.6) is 0 Å². The molecule has 0 saturated heterocycles. The van der Waals surface area contributed by atoms with Crippen molar-refractivity contribution in [3.63, 3.8) is 0 Å². The molecule has 0 spiro atoms. The number of nitrogens with zero attached hydrogens (tertiary/aromatic N) is 5. The van der Waals surface area contributed by atoms with Crippen LogP contribution in [-0.2, 0) is 0 Å². The topological polar surface area (TPSA) is 153 Å². The van der Waals surface area contributed by atoms with Crippen LogP contribution in [0.1, 0.15) is 25.2 Å². The third kappa shape index (κ3) is 3.73. The van der Waals surface area contributed by atoms with Gasteiger partial charge in [0, 0.05) is 6.07 Å². The van der Waals surface area contributed by atoms with Gasteiger partial charge in [-0.1, -0.05) is 41.7 Å². The SMILES string of the molecule is CCC(Nc1nc(N)nc(N)c1Cl)c1nc2c(Cl)ccc(Cl)c2c(=O)n1-c1ccn[nH]1. The Morgan fingerprint density at radius 3 is 2.55 bits per heavy atom. The predicted molar refractivity (Wildman–Crippen MR) is 122 cm³/mol. The van der Waals surface area contributed by atoms with E-state index >= 15 is 0 Å². The number of hydrogen-bond donors (Lipinski definition) is 4. The zero-order chi connectivity index (χ0) is 22.3. The molecule has 3 aromatic heterocycles. The highest BCUT2D eigenvalue weighted by atomic mass is 35.5. The van der Waals surface area contributed by atoms with Gasteiger partial charge in [-0.15, -0.1) is 0 Å². The second-order valence-electron chi connectivity index (χ2n) is 6.54. The number of nitrogens with two attached hydrogens (primary N) is 2. The van der Waals surface area contributed by atoms with Gasteiger partial charge in [-0.2, -0.15) is 15.1 Å². The average Bonchev–Trinajstić information content (AvgIpc) is 3.26. The van der Waals surface area contributed by atoms with E-state index in [1.165, 1.54) is 10.8 Å². The number of nitrogen functional groups attached to an aromatic ring is 2. The first-order valence-corrected chi connectivity index (χ1v) is 10.2. The molecule has 0 saturated carbocycles. The second kappa shape index (κ2) is 8.22. The van der Waals surface area contributed by atoms with Crippen molar-refractivity contribution in [2.75, 3.05) is 16.8 Å². The Morgan fingerprint density at radius 1 is 1.13 bits per heavy atom. The summed E-state index contributed by atoms with van der Waals surface area (Å²) in [7, 11) is 0. The van der Waals surface area contributed by atoms with Gasteiger partial charge in [0.25, 0.3) is 5.56 Å². The highest BCUT2D eigenvalue weighted by molar-refractivity contribution is 6.39. The lowest BCUT2D eigenvalue weighted by Gasteiger charge is -2.22. The Morgan fingerprint density at radius 2 is 1.87 bits per heavy atom. The predicted octanol–water partition coefficient (Wildman–Crippen LogP) is 3.59. The summed E-state index contributed by atoms with van der Waals surface area (Å²) in [5.74, 6) is 0.922. The van der Waals surface area contributed by atoms with Gasteiger partial charge < -0.3 is 16.8 Å². The third-order valence-electron chi connectivity index (χ3n) is 4.60. The zero-order valence-corrected chi connectivity index (χ0v) is 18.3. The molecule has 160 valence electrons. The van der Waals surface area contributed by atoms with Gasteiger partial charge in [-0.25, -0.2) is 9.55 Å². The maximum atomic E-state index is 13.5. The monoisotopic (exact) mass is 479 g/mol. The second-order valence-corrected chi connectivity index (χ2v) is 7.73. The molecule has 13 heteroatoms. The van der Waals surface area contributed by atoms with Crippen LogP contribution in [0, 0.1) is 0 Å². The van der Waals surface area contributed by atoms with Crippen molar-refractivity contribution in [3.05, 3.63) is 55.6 Å². The number of nitrogens with one attached hydrogen (secondary N) is 2. The number of hydrogen-bond acceptors (Lipinski definition) is 8. The maximum Gasteiger partial charge on any atom is 0.268 e. The standard InChI is InChI=1S/C18H16Cl3N9O/c1-2-9(25-15-12(21)14(22)27-18(23)28-15)16-26-13-8(20)4-3-7(19)11(13)17(31)30(16)10-5-6-24-29-10/h3-6,9H,2H2,1H3,(H,24,29)(H5,22,23,25,27,28). The van der Waals surface area contributed by atoms with E-state index < -0.39 is 11.6 Å². The number of fused-ring (bicyclic) bond motifs is 1. The molecule has 3 heterocycles. The van der Waals surface area contributed by atoms with E-state index in [1.54, 1.807) is 18.2 Å². The summed E-state index contributed by atoms with van der Waals surface area (Å²) in [5.41, 5.74) is 11.4. The smallest absolute Gasteiger partial charge is 0.268 e. The number of halogens is 3. The summed E-state index contributed by atoms with van der Waals surface area (Å²) in [6.45, 7) is 1.90. The Hall–Kier alpha value is -3.08. The fourth-order valence-corrected chi connectivity index (χ4v) is 3.74. The normalized spacial score (nSPS) is 12.3. The van der Waals surface area contributed by atoms with Crippen LogP contribution in [0.4, 0.5) is 17.6 Å². The number of anilines is 3. The molecular formula is C18H16Cl3N9O. The van der Waals surface area contributed by atoms with Crippen molar-refractivity contribution >= 4 is 63.3 Å². The van der Waals surface area contributed by atoms with Gasteiger partial charge >= 0.3 is 0 Å². The summed E-state index contributed by atoms with van der Waals surface area (Å²) in [6.07, 6.45) is 2.01. The summed E-state index contributed by atoms with van der Waals surface area (Å²) in [5, 5.41) is 10.7. The van der Waals surface area contributed by atoms with Gasteiger partial charge in [0.15, 0.2) is 5.82 Å². The van der Waals surface area contributed by atoms with Crippen molar-refractivity contribution in [2.24, 2.45) is 0 Å². The molecule has 1 atom stereocenters. The average molecular weight is 481 g/mol. The molecular weight excluding hydrogens is 465 g/mol. The molecule has 1 unspecified atom stereocenters. The molecule has 0 bridgehead atoms. The third-order valence-corrected chi connectivity index (χ3v) is 5.59. The fourth-order valence-electron chi connectivity index (χ4n) is 3.17. The van der Waals surface area contributed by atoms with Crippen molar-refractivity contribution in [3.8, 4) is 5.82 Å². The van der Waals surface area contributed by atoms with Crippen LogP contribution in [0.2, 0.25) is 15.1 Å². The molecule has 1 aromatic carbocycles. The van der Waals surface area contributed by atoms with Crippen LogP contribution in [0.25, 0.3) is 16.7 Å². The quantitative estimate of drug-likeness (QED) is 0.338. The van der Waals surface area contributed by atoms with Gasteiger partial charge in [-0.05, 0) is 18.6 Å². The van der Waals surface area contributed by atoms with E-state index in [0.717, 1.165) is 0 Å². The molecule has 0 aliphatic carbocycles. The molecule has 4 aromatic rings. The maximum absolute atomic E-state index is 13.5. The first kappa shape index (κ1) is 21.2. The van der Waals surface area contributed by atoms with E-state index in [4.69, 9.17) is 46.3 Å². The van der Waals surface area contributed by atoms with Gasteiger partial charge in [-0.3, -0.25) is 9.89 Å². The van der Waals surface area contributed by atoms with Crippen LogP contribution >= 0.6 is 34.8 Å². The van der Waals surface area contributed by atoms with Crippen molar-refractivity contribution in [2.45, 2.75) is 19.4 Å². The summed E-state index contributed by atoms with van der Waals surface area (Å²) < 4.78 is 1.38. The lowest BCUT2D eigenvalue weighted by Crippen LogP contribution is -2.29. The number of benzene rings is 1. The first-order chi connectivity index (χ1) is 14.8. The molecule has 4 rings (SSSR count). The van der Waals surface area contributed by atoms with E-state index in [9.17, 15) is 4.79 Å². The van der Waals surface area contributed by atoms with E-state index in [2.05, 4.69) is 30.5 Å². The number of H-pyrrole nitrogens is 1. The lowest BCUT2D eigenvalue weighted by atomic mass is 10.1. The molecule has 31 heavy (non-hydrogen) atoms. The fraction of sp³-hybridized carbons (Fsp3) is 0.167. The first-order valence-electron chi connectivity index (χ1n) is 9.07. The lowest BCUT2D eigenvalue weighted by molar-refractivity contribution is 0.653. The molecule has 10 nitrogen and oxygen atoms in total. The molecule has 0 aliphatic rings. The zero-order valence-electron chi connectivity index (χ0n) is 16.0. The molecule has 0 aliphatic heterocycles. The van der Waals surface area contributed by atoms with Crippen LogP contribution in [0.3, 0.4) is 0 Å². The molecule has 0 radical (unpaired) electrons. The number of aromatic nitrogens is 6. The van der Waals surface area contributed by atoms with Crippen molar-refractivity contribution in [1.29, 1.82) is 0 Å². The minimum absolute atomic E-state index is 0.0266. The van der Waals surface area contributed by atoms with E-state index in [0.29, 0.717) is 18.1 Å². The highest BCUT2D eigenvalue weighted by Gasteiger charge is 2.24. The van der Waals surface area contributed by atoms with Gasteiger partial charge in [0.1, 0.15) is 22.5 Å². The minimum Gasteiger partial charge on any atom is -0.382 e. The number of aromatic amines is 1. The summed E-state index contributed by atoms with van der Waals surface area (Å²) in [6, 6.07) is 4.23. The van der Waals surface area contributed by atoms with E-state index in [1.807, 2.05) is 6.92 Å². The van der Waals surface area contributed by atoms with E-state index in [-0.39, 0.29) is 43.6 Å².